The van der Waals surface area contributed by atoms with Gasteiger partial charge in [-0.15, -0.1) is 0 Å². The van der Waals surface area contributed by atoms with Gasteiger partial charge in [-0.2, -0.15) is 0 Å². The van der Waals surface area contributed by atoms with Gasteiger partial charge in [0.2, 0.25) is 0 Å². The van der Waals surface area contributed by atoms with E-state index in [2.05, 4.69) is 290 Å². The first kappa shape index (κ1) is 46.1. The zero-order chi connectivity index (χ0) is 56.3. The third-order valence-corrected chi connectivity index (χ3v) is 20.3. The largest absolute Gasteiger partial charge is 0.309 e. The van der Waals surface area contributed by atoms with Gasteiger partial charge < -0.3 is 4.57 Å². The average Bonchev–Trinajstić information content (AvgIpc) is 2.48. The van der Waals surface area contributed by atoms with Crippen LogP contribution in [0.3, 0.4) is 0 Å². The summed E-state index contributed by atoms with van der Waals surface area (Å²) in [6.45, 7) is 0. The van der Waals surface area contributed by atoms with E-state index in [-0.39, 0.29) is 0 Å². The lowest BCUT2D eigenvalue weighted by Crippen LogP contribution is -1.97. The summed E-state index contributed by atoms with van der Waals surface area (Å²) in [6.07, 6.45) is 0. The standard InChI is InChI=1S/C86H47N/c1-4-20-48(21-5-1)53-27-12-13-31-57(53)78-70-46-51-26-10-11-28-54(51)75-58-32-14-15-33-59(58)81(86(70)75)85-68-45-41-63-61-39-43-66-79-65(42-38-60(76(61)79)62-40-44-67(84(78)85)80(68)77(62)63)82-73(49-22-6-2-7-23-49)64-37-36-52(47-69(64)74(83(66)82)50-24-8-3-9-25-50)87-71-34-18-16-29-55(71)56-30-17-19-35-72(56)87/h1-47H. The Labute approximate surface area is 499 Å². The van der Waals surface area contributed by atoms with E-state index < -0.39 is 0 Å². The molecule has 1 aromatic heterocycles. The van der Waals surface area contributed by atoms with Crippen molar-refractivity contribution in [2.75, 3.05) is 0 Å². The number of aromatic nitrogens is 1. The van der Waals surface area contributed by atoms with Gasteiger partial charge in [-0.3, -0.25) is 0 Å². The minimum Gasteiger partial charge on any atom is -0.309 e. The third kappa shape index (κ3) is 5.79. The predicted octanol–water partition coefficient (Wildman–Crippen LogP) is 24.1. The van der Waals surface area contributed by atoms with Crippen LogP contribution in [0, 0.1) is 0 Å². The summed E-state index contributed by atoms with van der Waals surface area (Å²) in [6, 6.07) is 108. The maximum Gasteiger partial charge on any atom is 0.0541 e. The van der Waals surface area contributed by atoms with Gasteiger partial charge in [0.15, 0.2) is 0 Å². The molecule has 1 aliphatic carbocycles. The van der Waals surface area contributed by atoms with Crippen molar-refractivity contribution < 1.29 is 0 Å². The van der Waals surface area contributed by atoms with Crippen molar-refractivity contribution in [3.05, 3.63) is 285 Å². The van der Waals surface area contributed by atoms with Gasteiger partial charge in [0.05, 0.1) is 11.0 Å². The summed E-state index contributed by atoms with van der Waals surface area (Å²) < 4.78 is 2.47. The maximum absolute atomic E-state index is 2.51. The molecule has 0 aliphatic heterocycles. The molecule has 0 saturated carbocycles. The normalized spacial score (nSPS) is 12.6. The van der Waals surface area contributed by atoms with Crippen molar-refractivity contribution in [2.24, 2.45) is 0 Å². The van der Waals surface area contributed by atoms with Gasteiger partial charge in [-0.25, -0.2) is 0 Å². The Balaban J connectivity index is 0.899. The summed E-state index contributed by atoms with van der Waals surface area (Å²) in [7, 11) is 0. The highest BCUT2D eigenvalue weighted by molar-refractivity contribution is 6.53. The first-order valence-corrected chi connectivity index (χ1v) is 30.5. The number of nitrogens with zero attached hydrogens (tertiary/aromatic N) is 1. The van der Waals surface area contributed by atoms with Crippen LogP contribution in [-0.2, 0) is 0 Å². The van der Waals surface area contributed by atoms with Crippen LogP contribution in [0.25, 0.3) is 213 Å². The van der Waals surface area contributed by atoms with Crippen LogP contribution >= 0.6 is 0 Å². The molecule has 0 fully saturated rings. The molecule has 1 nitrogen and oxygen atoms in total. The molecule has 0 spiro atoms. The molecule has 1 aliphatic rings. The average molecular weight is 1090 g/mol. The molecule has 0 N–H and O–H groups in total. The molecule has 1 heterocycles. The van der Waals surface area contributed by atoms with Crippen molar-refractivity contribution in [1.29, 1.82) is 0 Å². The molecule has 396 valence electrons. The molecule has 0 amide bonds. The number of benzene rings is 17. The third-order valence-electron chi connectivity index (χ3n) is 20.3. The van der Waals surface area contributed by atoms with E-state index in [1.807, 2.05) is 0 Å². The Morgan fingerprint density at radius 1 is 0.172 bits per heavy atom. The summed E-state index contributed by atoms with van der Waals surface area (Å²) in [5.74, 6) is 0. The van der Waals surface area contributed by atoms with Crippen LogP contribution in [-0.4, -0.2) is 4.57 Å². The highest BCUT2D eigenvalue weighted by Gasteiger charge is 2.34. The number of fused-ring (bicyclic) bond motifs is 18. The molecular weight excluding hydrogens is 1050 g/mol. The Morgan fingerprint density at radius 3 is 1.21 bits per heavy atom. The molecule has 0 unspecified atom stereocenters. The second-order valence-corrected chi connectivity index (χ2v) is 24.3. The van der Waals surface area contributed by atoms with Crippen LogP contribution in [0.5, 0.6) is 0 Å². The lowest BCUT2D eigenvalue weighted by atomic mass is 9.82. The fourth-order valence-electron chi connectivity index (χ4n) is 17.1. The fourth-order valence-corrected chi connectivity index (χ4v) is 17.1. The van der Waals surface area contributed by atoms with Crippen LogP contribution in [0.2, 0.25) is 0 Å². The first-order chi connectivity index (χ1) is 43.2. The Bertz CT molecular complexity index is 6310. The molecule has 87 heavy (non-hydrogen) atoms. The topological polar surface area (TPSA) is 4.93 Å². The lowest BCUT2D eigenvalue weighted by molar-refractivity contribution is 1.19. The summed E-state index contributed by atoms with van der Waals surface area (Å²) >= 11 is 0. The summed E-state index contributed by atoms with van der Waals surface area (Å²) in [5, 5.41) is 31.5. The van der Waals surface area contributed by atoms with Gasteiger partial charge >= 0.3 is 0 Å². The summed E-state index contributed by atoms with van der Waals surface area (Å²) in [5.41, 5.74) is 18.8. The van der Waals surface area contributed by atoms with Crippen LogP contribution in [0.1, 0.15) is 0 Å². The SMILES string of the molecule is c1ccc(-c2ccccc2-c2c3cc4ccccc4c4c5ccccc5c(c5c6ccc7c8ccc9c%10c(ccc(c%11ccc(c25)c6c%117)c%108)-c2c-9c(-c5ccccc5)c5cc(-n6c7ccccc7c7ccccc76)ccc5c2-c2ccccc2)c34)cc1. The molecule has 21 rings (SSSR count). The zero-order valence-corrected chi connectivity index (χ0v) is 47.1. The Kier molecular flexibility index (Phi) is 8.84. The van der Waals surface area contributed by atoms with Gasteiger partial charge in [0.1, 0.15) is 0 Å². The van der Waals surface area contributed by atoms with E-state index >= 15 is 0 Å². The number of rotatable bonds is 5. The van der Waals surface area contributed by atoms with E-state index in [1.54, 1.807) is 0 Å². The Hall–Kier alpha value is -11.4. The van der Waals surface area contributed by atoms with Crippen LogP contribution < -0.4 is 0 Å². The smallest absolute Gasteiger partial charge is 0.0541 e. The quantitative estimate of drug-likeness (QED) is 0.120. The van der Waals surface area contributed by atoms with Crippen LogP contribution in [0.4, 0.5) is 0 Å². The predicted molar refractivity (Wildman–Crippen MR) is 373 cm³/mol. The van der Waals surface area contributed by atoms with Gasteiger partial charge in [-0.1, -0.05) is 255 Å². The molecule has 20 aromatic rings. The van der Waals surface area contributed by atoms with E-state index in [0.717, 1.165) is 5.69 Å². The van der Waals surface area contributed by atoms with E-state index in [4.69, 9.17) is 0 Å². The lowest BCUT2D eigenvalue weighted by Gasteiger charge is -2.21. The molecular formula is C86H47N. The molecule has 0 bridgehead atoms. The van der Waals surface area contributed by atoms with Crippen molar-refractivity contribution >= 4 is 140 Å². The van der Waals surface area contributed by atoms with Crippen molar-refractivity contribution in [3.63, 3.8) is 0 Å². The minimum absolute atomic E-state index is 1.15. The maximum atomic E-state index is 2.51. The second kappa shape index (κ2) is 16.7. The molecule has 1 heteroatoms. The fraction of sp³-hybridized carbons (Fsp3) is 0. The van der Waals surface area contributed by atoms with Gasteiger partial charge in [-0.05, 0) is 216 Å². The zero-order valence-electron chi connectivity index (χ0n) is 47.1. The monoisotopic (exact) mass is 1090 g/mol. The van der Waals surface area contributed by atoms with Crippen molar-refractivity contribution in [2.45, 2.75) is 0 Å². The summed E-state index contributed by atoms with van der Waals surface area (Å²) in [4.78, 5) is 0. The molecule has 0 saturated heterocycles. The van der Waals surface area contributed by atoms with E-state index in [1.165, 1.54) is 207 Å². The second-order valence-electron chi connectivity index (χ2n) is 24.3. The molecule has 0 radical (unpaired) electrons. The van der Waals surface area contributed by atoms with Crippen LogP contribution in [0.15, 0.2) is 285 Å². The van der Waals surface area contributed by atoms with E-state index in [9.17, 15) is 0 Å². The van der Waals surface area contributed by atoms with E-state index in [0.29, 0.717) is 0 Å². The molecule has 0 atom stereocenters. The minimum atomic E-state index is 1.15. The van der Waals surface area contributed by atoms with Gasteiger partial charge in [0, 0.05) is 16.5 Å². The first-order valence-electron chi connectivity index (χ1n) is 30.5. The van der Waals surface area contributed by atoms with Crippen molar-refractivity contribution in [1.82, 2.24) is 4.57 Å². The molecule has 19 aromatic carbocycles. The highest BCUT2D eigenvalue weighted by Crippen LogP contribution is 2.62. The Morgan fingerprint density at radius 2 is 0.575 bits per heavy atom. The highest BCUT2D eigenvalue weighted by atomic mass is 15.0. The number of hydrogen-bond acceptors (Lipinski definition) is 0. The number of para-hydroxylation sites is 2. The van der Waals surface area contributed by atoms with Crippen molar-refractivity contribution in [3.8, 4) is 72.4 Å². The van der Waals surface area contributed by atoms with Gasteiger partial charge in [0.25, 0.3) is 0 Å². The number of hydrogen-bond donors (Lipinski definition) is 0.